The van der Waals surface area contributed by atoms with Crippen LogP contribution in [0.5, 0.6) is 11.5 Å². The van der Waals surface area contributed by atoms with Gasteiger partial charge in [0.25, 0.3) is 0 Å². The van der Waals surface area contributed by atoms with E-state index < -0.39 is 0 Å². The molecule has 3 aromatic rings. The summed E-state index contributed by atoms with van der Waals surface area (Å²) in [7, 11) is 0. The van der Waals surface area contributed by atoms with E-state index in [0.717, 1.165) is 5.52 Å². The Labute approximate surface area is 141 Å². The standard InChI is InChI=1S/C15H13N5O3S/c1-8(24-15-12-13(17-5-16-12)18-6-19-15)14(21)20-9-2-3-10-11(4-9)23-7-22-10/h2-6,8H,7H2,1H3,(H,20,21)(H,16,17,18,19)/t8-/m1/s1. The zero-order chi connectivity index (χ0) is 16.5. The summed E-state index contributed by atoms with van der Waals surface area (Å²) in [5, 5.41) is 3.20. The number of carbonyl (C=O) groups excluding carboxylic acids is 1. The quantitative estimate of drug-likeness (QED) is 0.553. The first-order valence-electron chi connectivity index (χ1n) is 7.22. The van der Waals surface area contributed by atoms with Gasteiger partial charge in [0.1, 0.15) is 16.9 Å². The van der Waals surface area contributed by atoms with Crippen LogP contribution in [0.3, 0.4) is 0 Å². The topological polar surface area (TPSA) is 102 Å². The van der Waals surface area contributed by atoms with Gasteiger partial charge in [-0.15, -0.1) is 0 Å². The van der Waals surface area contributed by atoms with Gasteiger partial charge < -0.3 is 19.8 Å². The number of thioether (sulfide) groups is 1. The number of benzene rings is 1. The highest BCUT2D eigenvalue weighted by molar-refractivity contribution is 8.00. The molecule has 0 bridgehead atoms. The lowest BCUT2D eigenvalue weighted by atomic mass is 10.2. The number of carbonyl (C=O) groups is 1. The maximum Gasteiger partial charge on any atom is 0.237 e. The van der Waals surface area contributed by atoms with Crippen molar-refractivity contribution in [2.45, 2.75) is 17.2 Å². The first-order chi connectivity index (χ1) is 11.7. The van der Waals surface area contributed by atoms with Gasteiger partial charge in [0, 0.05) is 11.8 Å². The highest BCUT2D eigenvalue weighted by Crippen LogP contribution is 2.34. The van der Waals surface area contributed by atoms with E-state index in [1.165, 1.54) is 18.1 Å². The van der Waals surface area contributed by atoms with E-state index in [2.05, 4.69) is 25.3 Å². The van der Waals surface area contributed by atoms with Gasteiger partial charge in [-0.25, -0.2) is 15.0 Å². The fraction of sp³-hybridized carbons (Fsp3) is 0.200. The number of aromatic nitrogens is 4. The molecule has 1 amide bonds. The summed E-state index contributed by atoms with van der Waals surface area (Å²) < 4.78 is 10.6. The molecule has 2 aromatic heterocycles. The van der Waals surface area contributed by atoms with Crippen LogP contribution >= 0.6 is 11.8 Å². The van der Waals surface area contributed by atoms with Crippen LogP contribution in [0.25, 0.3) is 11.2 Å². The minimum absolute atomic E-state index is 0.134. The average molecular weight is 343 g/mol. The number of fused-ring (bicyclic) bond motifs is 2. The number of anilines is 1. The normalized spacial score (nSPS) is 13.9. The van der Waals surface area contributed by atoms with E-state index in [9.17, 15) is 4.79 Å². The molecule has 1 aliphatic heterocycles. The number of aromatic amines is 1. The summed E-state index contributed by atoms with van der Waals surface area (Å²) in [4.78, 5) is 27.8. The molecule has 0 radical (unpaired) electrons. The first kappa shape index (κ1) is 14.8. The Hall–Kier alpha value is -2.81. The van der Waals surface area contributed by atoms with Crippen molar-refractivity contribution in [2.75, 3.05) is 12.1 Å². The number of ether oxygens (including phenoxy) is 2. The number of hydrogen-bond acceptors (Lipinski definition) is 7. The number of imidazole rings is 1. The molecule has 4 rings (SSSR count). The number of hydrogen-bond donors (Lipinski definition) is 2. The van der Waals surface area contributed by atoms with Crippen LogP contribution in [0.2, 0.25) is 0 Å². The van der Waals surface area contributed by atoms with Crippen LogP contribution in [-0.2, 0) is 4.79 Å². The summed E-state index contributed by atoms with van der Waals surface area (Å²) in [5.41, 5.74) is 1.96. The highest BCUT2D eigenvalue weighted by atomic mass is 32.2. The number of amides is 1. The van der Waals surface area contributed by atoms with Crippen molar-refractivity contribution in [3.63, 3.8) is 0 Å². The fourth-order valence-corrected chi connectivity index (χ4v) is 3.15. The largest absolute Gasteiger partial charge is 0.454 e. The predicted octanol–water partition coefficient (Wildman–Crippen LogP) is 2.20. The lowest BCUT2D eigenvalue weighted by Gasteiger charge is -2.12. The van der Waals surface area contributed by atoms with Gasteiger partial charge in [-0.05, 0) is 19.1 Å². The second-order valence-electron chi connectivity index (χ2n) is 5.10. The summed E-state index contributed by atoms with van der Waals surface area (Å²) in [6.45, 7) is 2.02. The Morgan fingerprint density at radius 3 is 3.08 bits per heavy atom. The third-order valence-corrected chi connectivity index (χ3v) is 4.59. The van der Waals surface area contributed by atoms with Gasteiger partial charge in [0.2, 0.25) is 12.7 Å². The summed E-state index contributed by atoms with van der Waals surface area (Å²) in [6, 6.07) is 5.30. The molecule has 8 nitrogen and oxygen atoms in total. The van der Waals surface area contributed by atoms with Gasteiger partial charge in [-0.3, -0.25) is 4.79 Å². The maximum atomic E-state index is 12.4. The molecule has 0 saturated carbocycles. The molecule has 9 heteroatoms. The van der Waals surface area contributed by atoms with E-state index >= 15 is 0 Å². The Morgan fingerprint density at radius 1 is 1.29 bits per heavy atom. The van der Waals surface area contributed by atoms with E-state index in [1.807, 2.05) is 6.92 Å². The van der Waals surface area contributed by atoms with E-state index in [0.29, 0.717) is 27.9 Å². The Bertz CT molecular complexity index is 913. The number of nitrogens with zero attached hydrogens (tertiary/aromatic N) is 3. The molecule has 0 saturated heterocycles. The van der Waals surface area contributed by atoms with Gasteiger partial charge in [-0.1, -0.05) is 11.8 Å². The molecule has 3 heterocycles. The smallest absolute Gasteiger partial charge is 0.237 e. The third kappa shape index (κ3) is 2.73. The van der Waals surface area contributed by atoms with Crippen molar-refractivity contribution in [1.82, 2.24) is 19.9 Å². The van der Waals surface area contributed by atoms with Gasteiger partial charge in [0.15, 0.2) is 17.1 Å². The van der Waals surface area contributed by atoms with E-state index in [1.54, 1.807) is 24.5 Å². The van der Waals surface area contributed by atoms with Gasteiger partial charge in [-0.2, -0.15) is 0 Å². The number of H-pyrrole nitrogens is 1. The minimum atomic E-state index is -0.350. The van der Waals surface area contributed by atoms with Crippen molar-refractivity contribution in [3.05, 3.63) is 30.9 Å². The molecule has 0 spiro atoms. The molecular formula is C15H13N5O3S. The van der Waals surface area contributed by atoms with Crippen LogP contribution < -0.4 is 14.8 Å². The SMILES string of the molecule is C[C@@H](Sc1ncnc2nc[nH]c12)C(=O)Nc1ccc2c(c1)OCO2. The van der Waals surface area contributed by atoms with Crippen LogP contribution in [0.4, 0.5) is 5.69 Å². The van der Waals surface area contributed by atoms with Crippen LogP contribution in [0.15, 0.2) is 35.9 Å². The van der Waals surface area contributed by atoms with E-state index in [4.69, 9.17) is 9.47 Å². The molecular weight excluding hydrogens is 330 g/mol. The van der Waals surface area contributed by atoms with Crippen LogP contribution in [0.1, 0.15) is 6.92 Å². The Balaban J connectivity index is 1.47. The third-order valence-electron chi connectivity index (χ3n) is 3.49. The molecule has 1 aromatic carbocycles. The lowest BCUT2D eigenvalue weighted by Crippen LogP contribution is -2.22. The molecule has 2 N–H and O–H groups in total. The summed E-state index contributed by atoms with van der Waals surface area (Å²) >= 11 is 1.34. The lowest BCUT2D eigenvalue weighted by molar-refractivity contribution is -0.115. The monoisotopic (exact) mass is 343 g/mol. The molecule has 24 heavy (non-hydrogen) atoms. The second kappa shape index (κ2) is 6.00. The molecule has 122 valence electrons. The van der Waals surface area contributed by atoms with Crippen LogP contribution in [0, 0.1) is 0 Å². The zero-order valence-electron chi connectivity index (χ0n) is 12.6. The second-order valence-corrected chi connectivity index (χ2v) is 6.43. The molecule has 0 unspecified atom stereocenters. The zero-order valence-corrected chi connectivity index (χ0v) is 13.5. The van der Waals surface area contributed by atoms with Crippen molar-refractivity contribution in [2.24, 2.45) is 0 Å². The van der Waals surface area contributed by atoms with Gasteiger partial charge >= 0.3 is 0 Å². The molecule has 0 fully saturated rings. The maximum absolute atomic E-state index is 12.4. The van der Waals surface area contributed by atoms with Crippen molar-refractivity contribution < 1.29 is 14.3 Å². The van der Waals surface area contributed by atoms with Crippen molar-refractivity contribution >= 4 is 34.5 Å². The Morgan fingerprint density at radius 2 is 2.17 bits per heavy atom. The summed E-state index contributed by atoms with van der Waals surface area (Å²) in [5.74, 6) is 1.17. The molecule has 0 aliphatic carbocycles. The summed E-state index contributed by atoms with van der Waals surface area (Å²) in [6.07, 6.45) is 2.99. The predicted molar refractivity (Wildman–Crippen MR) is 88.2 cm³/mol. The molecule has 1 atom stereocenters. The number of nitrogens with one attached hydrogen (secondary N) is 2. The first-order valence-corrected chi connectivity index (χ1v) is 8.10. The highest BCUT2D eigenvalue weighted by Gasteiger charge is 2.19. The Kier molecular flexibility index (Phi) is 3.69. The van der Waals surface area contributed by atoms with Crippen LogP contribution in [-0.4, -0.2) is 37.9 Å². The average Bonchev–Trinajstić information content (AvgIpc) is 3.23. The van der Waals surface area contributed by atoms with E-state index in [-0.39, 0.29) is 18.0 Å². The number of rotatable bonds is 4. The van der Waals surface area contributed by atoms with Gasteiger partial charge in [0.05, 0.1) is 11.6 Å². The van der Waals surface area contributed by atoms with Crippen molar-refractivity contribution in [3.8, 4) is 11.5 Å². The molecule has 1 aliphatic rings. The minimum Gasteiger partial charge on any atom is -0.454 e. The van der Waals surface area contributed by atoms with Crippen molar-refractivity contribution in [1.29, 1.82) is 0 Å². The fourth-order valence-electron chi connectivity index (χ4n) is 2.27.